The van der Waals surface area contributed by atoms with Crippen LogP contribution in [0.2, 0.25) is 0 Å². The number of carbonyl (C=O) groups is 1. The van der Waals surface area contributed by atoms with Crippen LogP contribution in [-0.4, -0.2) is 23.7 Å². The van der Waals surface area contributed by atoms with Gasteiger partial charge in [0.25, 0.3) is 0 Å². The summed E-state index contributed by atoms with van der Waals surface area (Å²) in [6, 6.07) is 18.7. The molecule has 1 fully saturated rings. The van der Waals surface area contributed by atoms with Gasteiger partial charge in [0, 0.05) is 30.8 Å². The van der Waals surface area contributed by atoms with Crippen LogP contribution >= 0.6 is 0 Å². The molecular weight excluding hydrogens is 336 g/mol. The van der Waals surface area contributed by atoms with Crippen molar-refractivity contribution in [2.75, 3.05) is 18.5 Å². The third kappa shape index (κ3) is 3.15. The van der Waals surface area contributed by atoms with Crippen LogP contribution < -0.4 is 5.32 Å². The molecule has 0 unspecified atom stereocenters. The Balaban J connectivity index is 1.71. The quantitative estimate of drug-likeness (QED) is 0.717. The third-order valence-electron chi connectivity index (χ3n) is 5.67. The van der Waals surface area contributed by atoms with E-state index in [2.05, 4.69) is 54.2 Å². The van der Waals surface area contributed by atoms with E-state index in [1.54, 1.807) is 0 Å². The first-order valence-electron chi connectivity index (χ1n) is 9.66. The van der Waals surface area contributed by atoms with E-state index in [0.29, 0.717) is 32.1 Å². The number of anilines is 1. The second-order valence-corrected chi connectivity index (χ2v) is 7.57. The van der Waals surface area contributed by atoms with Gasteiger partial charge in [0.15, 0.2) is 0 Å². The third-order valence-corrected chi connectivity index (χ3v) is 5.67. The van der Waals surface area contributed by atoms with Gasteiger partial charge in [-0.1, -0.05) is 36.4 Å². The zero-order valence-corrected chi connectivity index (χ0v) is 15.9. The predicted octanol–water partition coefficient (Wildman–Crippen LogP) is 4.91. The Morgan fingerprint density at radius 2 is 1.78 bits per heavy atom. The number of nitrogens with one attached hydrogen (secondary N) is 1. The lowest BCUT2D eigenvalue weighted by Gasteiger charge is -2.36. The highest BCUT2D eigenvalue weighted by atomic mass is 16.5. The number of nitrogens with zero attached hydrogens (tertiary/aromatic N) is 1. The van der Waals surface area contributed by atoms with Gasteiger partial charge in [0.1, 0.15) is 0 Å². The number of aromatic nitrogens is 1. The summed E-state index contributed by atoms with van der Waals surface area (Å²) in [5, 5.41) is 4.32. The van der Waals surface area contributed by atoms with Crippen LogP contribution in [-0.2, 0) is 14.9 Å². The van der Waals surface area contributed by atoms with Crippen molar-refractivity contribution in [2.45, 2.75) is 38.1 Å². The molecule has 3 aromatic rings. The maximum atomic E-state index is 13.5. The molecule has 0 radical (unpaired) electrons. The van der Waals surface area contributed by atoms with Crippen LogP contribution in [0.15, 0.2) is 60.8 Å². The standard InChI is InChI=1S/C23H26N2O2/c1-17(2)25-14-11-19-20(9-6-10-21(19)25)24-22(26)23(12-15-27-16-13-23)18-7-4-3-5-8-18/h3-11,14,17H,12-13,15-16H2,1-2H3,(H,24,26). The van der Waals surface area contributed by atoms with Crippen molar-refractivity contribution >= 4 is 22.5 Å². The highest BCUT2D eigenvalue weighted by Crippen LogP contribution is 2.37. The van der Waals surface area contributed by atoms with E-state index >= 15 is 0 Å². The Bertz CT molecular complexity index is 937. The molecule has 0 spiro atoms. The van der Waals surface area contributed by atoms with Crippen molar-refractivity contribution in [3.05, 3.63) is 66.4 Å². The molecule has 0 atom stereocenters. The van der Waals surface area contributed by atoms with Gasteiger partial charge in [-0.2, -0.15) is 0 Å². The summed E-state index contributed by atoms with van der Waals surface area (Å²) in [5.41, 5.74) is 2.54. The summed E-state index contributed by atoms with van der Waals surface area (Å²) in [6.45, 7) is 5.54. The molecule has 4 nitrogen and oxygen atoms in total. The molecule has 2 aromatic carbocycles. The number of benzene rings is 2. The Morgan fingerprint density at radius 3 is 2.48 bits per heavy atom. The number of ether oxygens (including phenoxy) is 1. The lowest BCUT2D eigenvalue weighted by molar-refractivity contribution is -0.125. The van der Waals surface area contributed by atoms with E-state index < -0.39 is 5.41 Å². The van der Waals surface area contributed by atoms with E-state index in [4.69, 9.17) is 4.74 Å². The van der Waals surface area contributed by atoms with Crippen molar-refractivity contribution in [3.63, 3.8) is 0 Å². The number of hydrogen-bond donors (Lipinski definition) is 1. The van der Waals surface area contributed by atoms with E-state index in [-0.39, 0.29) is 5.91 Å². The van der Waals surface area contributed by atoms with Crippen LogP contribution in [0.25, 0.3) is 10.9 Å². The molecule has 140 valence electrons. The number of carbonyl (C=O) groups excluding carboxylic acids is 1. The monoisotopic (exact) mass is 362 g/mol. The van der Waals surface area contributed by atoms with Gasteiger partial charge >= 0.3 is 0 Å². The number of hydrogen-bond acceptors (Lipinski definition) is 2. The molecule has 0 bridgehead atoms. The highest BCUT2D eigenvalue weighted by Gasteiger charge is 2.41. The topological polar surface area (TPSA) is 43.3 Å². The van der Waals surface area contributed by atoms with Gasteiger partial charge in [-0.3, -0.25) is 4.79 Å². The minimum Gasteiger partial charge on any atom is -0.381 e. The average molecular weight is 362 g/mol. The number of amides is 1. The summed E-state index contributed by atoms with van der Waals surface area (Å²) in [4.78, 5) is 13.5. The second kappa shape index (κ2) is 7.20. The molecule has 1 saturated heterocycles. The molecular formula is C23H26N2O2. The summed E-state index contributed by atoms with van der Waals surface area (Å²) in [7, 11) is 0. The second-order valence-electron chi connectivity index (χ2n) is 7.57. The molecule has 4 rings (SSSR count). The SMILES string of the molecule is CC(C)n1ccc2c(NC(=O)C3(c4ccccc4)CCOCC3)cccc21. The lowest BCUT2D eigenvalue weighted by Crippen LogP contribution is -2.44. The Hall–Kier alpha value is -2.59. The Morgan fingerprint density at radius 1 is 1.04 bits per heavy atom. The van der Waals surface area contributed by atoms with E-state index in [0.717, 1.165) is 22.2 Å². The minimum atomic E-state index is -0.539. The molecule has 2 heterocycles. The number of rotatable bonds is 4. The highest BCUT2D eigenvalue weighted by molar-refractivity contribution is 6.05. The molecule has 1 aliphatic heterocycles. The van der Waals surface area contributed by atoms with Crippen molar-refractivity contribution in [1.29, 1.82) is 0 Å². The summed E-state index contributed by atoms with van der Waals surface area (Å²) in [6.07, 6.45) is 3.49. The van der Waals surface area contributed by atoms with Crippen molar-refractivity contribution in [3.8, 4) is 0 Å². The molecule has 1 aliphatic rings. The first-order chi connectivity index (χ1) is 13.1. The fraction of sp³-hybridized carbons (Fsp3) is 0.348. The largest absolute Gasteiger partial charge is 0.381 e. The Labute approximate surface area is 160 Å². The molecule has 0 saturated carbocycles. The first-order valence-corrected chi connectivity index (χ1v) is 9.66. The Kier molecular flexibility index (Phi) is 4.75. The molecule has 27 heavy (non-hydrogen) atoms. The zero-order valence-electron chi connectivity index (χ0n) is 15.9. The van der Waals surface area contributed by atoms with Crippen LogP contribution in [0.5, 0.6) is 0 Å². The van der Waals surface area contributed by atoms with Crippen molar-refractivity contribution in [2.24, 2.45) is 0 Å². The van der Waals surface area contributed by atoms with Crippen LogP contribution in [0.3, 0.4) is 0 Å². The molecule has 1 amide bonds. The molecule has 1 aromatic heterocycles. The van der Waals surface area contributed by atoms with Gasteiger partial charge < -0.3 is 14.6 Å². The molecule has 1 N–H and O–H groups in total. The van der Waals surface area contributed by atoms with Crippen LogP contribution in [0, 0.1) is 0 Å². The molecule has 4 heteroatoms. The maximum absolute atomic E-state index is 13.5. The summed E-state index contributed by atoms with van der Waals surface area (Å²) >= 11 is 0. The molecule has 0 aliphatic carbocycles. The summed E-state index contributed by atoms with van der Waals surface area (Å²) < 4.78 is 7.79. The van der Waals surface area contributed by atoms with Crippen LogP contribution in [0.1, 0.15) is 38.3 Å². The maximum Gasteiger partial charge on any atom is 0.235 e. The smallest absolute Gasteiger partial charge is 0.235 e. The normalized spacial score (nSPS) is 16.6. The van der Waals surface area contributed by atoms with Gasteiger partial charge in [-0.05, 0) is 50.5 Å². The van der Waals surface area contributed by atoms with Gasteiger partial charge in [-0.15, -0.1) is 0 Å². The van der Waals surface area contributed by atoms with Crippen molar-refractivity contribution < 1.29 is 9.53 Å². The predicted molar refractivity (Wildman–Crippen MR) is 109 cm³/mol. The van der Waals surface area contributed by atoms with Gasteiger partial charge in [0.2, 0.25) is 5.91 Å². The first kappa shape index (κ1) is 17.8. The van der Waals surface area contributed by atoms with Crippen molar-refractivity contribution in [1.82, 2.24) is 4.57 Å². The zero-order chi connectivity index (χ0) is 18.9. The van der Waals surface area contributed by atoms with Crippen LogP contribution in [0.4, 0.5) is 5.69 Å². The average Bonchev–Trinajstić information content (AvgIpc) is 3.14. The fourth-order valence-electron chi connectivity index (χ4n) is 4.11. The van der Waals surface area contributed by atoms with E-state index in [1.165, 1.54) is 0 Å². The fourth-order valence-corrected chi connectivity index (χ4v) is 4.11. The summed E-state index contributed by atoms with van der Waals surface area (Å²) in [5.74, 6) is 0.0572. The number of fused-ring (bicyclic) bond motifs is 1. The van der Waals surface area contributed by atoms with Gasteiger partial charge in [-0.25, -0.2) is 0 Å². The van der Waals surface area contributed by atoms with Gasteiger partial charge in [0.05, 0.1) is 16.6 Å². The van der Waals surface area contributed by atoms with E-state index in [1.807, 2.05) is 30.3 Å². The minimum absolute atomic E-state index is 0.0572. The lowest BCUT2D eigenvalue weighted by atomic mass is 9.73. The van der Waals surface area contributed by atoms with E-state index in [9.17, 15) is 4.79 Å².